The van der Waals surface area contributed by atoms with Crippen molar-refractivity contribution in [1.29, 1.82) is 0 Å². The molecule has 2 aromatic rings. The van der Waals surface area contributed by atoms with Crippen LogP contribution in [0.4, 0.5) is 5.69 Å². The number of phenols is 2. The number of carbonyl (C=O) groups excluding carboxylic acids is 1. The monoisotopic (exact) mass is 315 g/mol. The van der Waals surface area contributed by atoms with E-state index in [0.29, 0.717) is 5.56 Å². The number of nitrogens with one attached hydrogen (secondary N) is 1. The molecule has 0 aliphatic rings. The number of hydrogen-bond acceptors (Lipinski definition) is 6. The average molecular weight is 315 g/mol. The third-order valence-electron chi connectivity index (χ3n) is 2.88. The Morgan fingerprint density at radius 2 is 1.96 bits per heavy atom. The first-order chi connectivity index (χ1) is 11.0. The maximum Gasteiger partial charge on any atom is 0.281 e. The number of nitro groups is 1. The first-order valence-corrected chi connectivity index (χ1v) is 6.53. The largest absolute Gasteiger partial charge is 0.508 e. The molecule has 0 aliphatic carbocycles. The Labute approximate surface area is 130 Å². The van der Waals surface area contributed by atoms with Gasteiger partial charge in [-0.3, -0.25) is 14.9 Å². The van der Waals surface area contributed by atoms with Gasteiger partial charge in [-0.2, -0.15) is 5.10 Å². The summed E-state index contributed by atoms with van der Waals surface area (Å²) in [7, 11) is 0. The molecule has 118 valence electrons. The van der Waals surface area contributed by atoms with Gasteiger partial charge in [0.05, 0.1) is 29.2 Å². The normalized spacial score (nSPS) is 10.6. The van der Waals surface area contributed by atoms with Crippen LogP contribution in [0.25, 0.3) is 0 Å². The lowest BCUT2D eigenvalue weighted by Crippen LogP contribution is -2.19. The maximum absolute atomic E-state index is 11.7. The summed E-state index contributed by atoms with van der Waals surface area (Å²) in [4.78, 5) is 21.9. The van der Waals surface area contributed by atoms with Gasteiger partial charge >= 0.3 is 0 Å². The Kier molecular flexibility index (Phi) is 4.88. The SMILES string of the molecule is O=C(Cc1cccc(O)c1)N/N=C/c1ccc(O)cc1[N+](=O)[O-]. The Hall–Kier alpha value is -3.42. The highest BCUT2D eigenvalue weighted by atomic mass is 16.6. The van der Waals surface area contributed by atoms with E-state index in [1.54, 1.807) is 12.1 Å². The van der Waals surface area contributed by atoms with Gasteiger partial charge in [0.15, 0.2) is 0 Å². The Morgan fingerprint density at radius 3 is 2.65 bits per heavy atom. The number of hydrogen-bond donors (Lipinski definition) is 3. The van der Waals surface area contributed by atoms with Crippen LogP contribution in [-0.2, 0) is 11.2 Å². The number of rotatable bonds is 5. The van der Waals surface area contributed by atoms with E-state index in [1.807, 2.05) is 0 Å². The zero-order valence-electron chi connectivity index (χ0n) is 11.8. The first-order valence-electron chi connectivity index (χ1n) is 6.53. The number of benzene rings is 2. The molecule has 0 aliphatic heterocycles. The highest BCUT2D eigenvalue weighted by molar-refractivity contribution is 5.87. The van der Waals surface area contributed by atoms with Gasteiger partial charge in [-0.1, -0.05) is 12.1 Å². The molecule has 0 spiro atoms. The minimum absolute atomic E-state index is 0.00338. The van der Waals surface area contributed by atoms with E-state index in [9.17, 15) is 25.1 Å². The fraction of sp³-hybridized carbons (Fsp3) is 0.0667. The zero-order chi connectivity index (χ0) is 16.8. The first kappa shape index (κ1) is 16.0. The lowest BCUT2D eigenvalue weighted by Gasteiger charge is -2.01. The van der Waals surface area contributed by atoms with Gasteiger partial charge in [0.2, 0.25) is 5.91 Å². The molecule has 3 N–H and O–H groups in total. The molecule has 2 rings (SSSR count). The van der Waals surface area contributed by atoms with Crippen LogP contribution in [0.5, 0.6) is 11.5 Å². The molecule has 2 aromatic carbocycles. The van der Waals surface area contributed by atoms with Crippen molar-refractivity contribution in [3.63, 3.8) is 0 Å². The lowest BCUT2D eigenvalue weighted by atomic mass is 10.1. The highest BCUT2D eigenvalue weighted by Crippen LogP contribution is 2.22. The number of hydrazone groups is 1. The summed E-state index contributed by atoms with van der Waals surface area (Å²) in [6.45, 7) is 0. The number of carbonyl (C=O) groups is 1. The zero-order valence-corrected chi connectivity index (χ0v) is 11.8. The van der Waals surface area contributed by atoms with Gasteiger partial charge < -0.3 is 10.2 Å². The van der Waals surface area contributed by atoms with E-state index in [1.165, 1.54) is 24.3 Å². The van der Waals surface area contributed by atoms with Crippen molar-refractivity contribution in [2.24, 2.45) is 5.10 Å². The third-order valence-corrected chi connectivity index (χ3v) is 2.88. The standard InChI is InChI=1S/C15H13N3O5/c19-12-3-1-2-10(6-12)7-15(21)17-16-9-11-4-5-13(20)8-14(11)18(22)23/h1-6,8-9,19-20H,7H2,(H,17,21)/b16-9+. The van der Waals surface area contributed by atoms with Crippen molar-refractivity contribution in [1.82, 2.24) is 5.43 Å². The van der Waals surface area contributed by atoms with Crippen LogP contribution in [0.3, 0.4) is 0 Å². The molecule has 0 fully saturated rings. The third kappa shape index (κ3) is 4.53. The Balaban J connectivity index is 2.01. The molecule has 0 bridgehead atoms. The number of nitro benzene ring substituents is 1. The number of nitrogens with zero attached hydrogens (tertiary/aromatic N) is 2. The van der Waals surface area contributed by atoms with Crippen LogP contribution in [0.15, 0.2) is 47.6 Å². The fourth-order valence-electron chi connectivity index (χ4n) is 1.86. The molecule has 0 saturated carbocycles. The summed E-state index contributed by atoms with van der Waals surface area (Å²) < 4.78 is 0. The summed E-state index contributed by atoms with van der Waals surface area (Å²) in [5, 5.41) is 33.1. The molecule has 0 aromatic heterocycles. The molecule has 0 radical (unpaired) electrons. The quantitative estimate of drug-likeness (QED) is 0.440. The predicted octanol–water partition coefficient (Wildman–Crippen LogP) is 1.70. The van der Waals surface area contributed by atoms with Gasteiger partial charge in [-0.15, -0.1) is 0 Å². The van der Waals surface area contributed by atoms with Crippen molar-refractivity contribution < 1.29 is 19.9 Å². The number of amides is 1. The van der Waals surface area contributed by atoms with Crippen LogP contribution in [0.2, 0.25) is 0 Å². The smallest absolute Gasteiger partial charge is 0.281 e. The van der Waals surface area contributed by atoms with E-state index in [2.05, 4.69) is 10.5 Å². The van der Waals surface area contributed by atoms with Crippen LogP contribution in [0, 0.1) is 10.1 Å². The van der Waals surface area contributed by atoms with Gasteiger partial charge in [-0.25, -0.2) is 5.43 Å². The lowest BCUT2D eigenvalue weighted by molar-refractivity contribution is -0.385. The van der Waals surface area contributed by atoms with Crippen LogP contribution >= 0.6 is 0 Å². The van der Waals surface area contributed by atoms with E-state index < -0.39 is 10.8 Å². The minimum atomic E-state index is -0.657. The second kappa shape index (κ2) is 7.03. The summed E-state index contributed by atoms with van der Waals surface area (Å²) in [5.74, 6) is -0.617. The molecule has 1 amide bonds. The highest BCUT2D eigenvalue weighted by Gasteiger charge is 2.13. The van der Waals surface area contributed by atoms with Crippen molar-refractivity contribution in [3.05, 3.63) is 63.7 Å². The second-order valence-electron chi connectivity index (χ2n) is 4.64. The summed E-state index contributed by atoms with van der Waals surface area (Å²) in [5.41, 5.74) is 2.67. The van der Waals surface area contributed by atoms with Crippen molar-refractivity contribution >= 4 is 17.8 Å². The molecule has 0 atom stereocenters. The van der Waals surface area contributed by atoms with Crippen LogP contribution < -0.4 is 5.43 Å². The molecule has 0 saturated heterocycles. The van der Waals surface area contributed by atoms with Crippen molar-refractivity contribution in [3.8, 4) is 11.5 Å². The van der Waals surface area contributed by atoms with E-state index in [-0.39, 0.29) is 29.2 Å². The van der Waals surface area contributed by atoms with Crippen molar-refractivity contribution in [2.75, 3.05) is 0 Å². The van der Waals surface area contributed by atoms with Crippen molar-refractivity contribution in [2.45, 2.75) is 6.42 Å². The summed E-state index contributed by atoms with van der Waals surface area (Å²) in [6, 6.07) is 9.82. The summed E-state index contributed by atoms with van der Waals surface area (Å²) >= 11 is 0. The summed E-state index contributed by atoms with van der Waals surface area (Å²) in [6.07, 6.45) is 1.13. The maximum atomic E-state index is 11.7. The van der Waals surface area contributed by atoms with Gasteiger partial charge in [0.25, 0.3) is 5.69 Å². The topological polar surface area (TPSA) is 125 Å². The van der Waals surface area contributed by atoms with E-state index >= 15 is 0 Å². The molecule has 0 unspecified atom stereocenters. The average Bonchev–Trinajstić information content (AvgIpc) is 2.48. The van der Waals surface area contributed by atoms with Crippen LogP contribution in [-0.4, -0.2) is 27.3 Å². The van der Waals surface area contributed by atoms with Gasteiger partial charge in [0, 0.05) is 0 Å². The second-order valence-corrected chi connectivity index (χ2v) is 4.64. The van der Waals surface area contributed by atoms with Gasteiger partial charge in [-0.05, 0) is 29.8 Å². The minimum Gasteiger partial charge on any atom is -0.508 e. The molecular formula is C15H13N3O5. The Morgan fingerprint density at radius 1 is 1.22 bits per heavy atom. The predicted molar refractivity (Wildman–Crippen MR) is 82.3 cm³/mol. The van der Waals surface area contributed by atoms with E-state index in [4.69, 9.17) is 0 Å². The van der Waals surface area contributed by atoms with Gasteiger partial charge in [0.1, 0.15) is 11.5 Å². The molecule has 8 heteroatoms. The van der Waals surface area contributed by atoms with E-state index in [0.717, 1.165) is 12.3 Å². The number of aromatic hydroxyl groups is 2. The van der Waals surface area contributed by atoms with Crippen LogP contribution in [0.1, 0.15) is 11.1 Å². The molecule has 0 heterocycles. The number of phenolic OH excluding ortho intramolecular Hbond substituents is 2. The molecule has 23 heavy (non-hydrogen) atoms. The molecular weight excluding hydrogens is 302 g/mol. The Bertz CT molecular complexity index is 773. The molecule has 8 nitrogen and oxygen atoms in total. The fourth-order valence-corrected chi connectivity index (χ4v) is 1.86.